The van der Waals surface area contributed by atoms with Crippen molar-refractivity contribution < 1.29 is 5.11 Å². The van der Waals surface area contributed by atoms with Gasteiger partial charge in [0.2, 0.25) is 0 Å². The van der Waals surface area contributed by atoms with E-state index in [4.69, 9.17) is 0 Å². The van der Waals surface area contributed by atoms with E-state index in [1.807, 2.05) is 0 Å². The van der Waals surface area contributed by atoms with E-state index in [-0.39, 0.29) is 12.6 Å². The fraction of sp³-hybridized carbons (Fsp3) is 1.00. The van der Waals surface area contributed by atoms with E-state index < -0.39 is 0 Å². The fourth-order valence-electron chi connectivity index (χ4n) is 2.45. The predicted octanol–water partition coefficient (Wildman–Crippen LogP) is 0.830. The second-order valence-corrected chi connectivity index (χ2v) is 5.41. The van der Waals surface area contributed by atoms with E-state index in [9.17, 15) is 5.11 Å². The molecule has 0 bridgehead atoms. The van der Waals surface area contributed by atoms with Gasteiger partial charge in [-0.05, 0) is 25.2 Å². The largest absolute Gasteiger partial charge is 0.395 e. The Morgan fingerprint density at radius 3 is 2.60 bits per heavy atom. The van der Waals surface area contributed by atoms with E-state index in [1.165, 1.54) is 32.4 Å². The summed E-state index contributed by atoms with van der Waals surface area (Å²) in [5.41, 5.74) is 0. The average molecular weight is 212 g/mol. The maximum atomic E-state index is 9.27. The summed E-state index contributed by atoms with van der Waals surface area (Å²) in [5.74, 6) is 0.518. The number of aliphatic hydroxyl groups excluding tert-OH is 1. The summed E-state index contributed by atoms with van der Waals surface area (Å²) in [6.07, 6.45) is 4.06. The molecule has 0 aromatic carbocycles. The molecule has 0 radical (unpaired) electrons. The maximum absolute atomic E-state index is 9.27. The van der Waals surface area contributed by atoms with E-state index in [2.05, 4.69) is 24.1 Å². The smallest absolute Gasteiger partial charge is 0.0587 e. The van der Waals surface area contributed by atoms with Gasteiger partial charge >= 0.3 is 0 Å². The number of nitrogens with zero attached hydrogens (tertiary/aromatic N) is 1. The second kappa shape index (κ2) is 4.81. The van der Waals surface area contributed by atoms with E-state index in [0.29, 0.717) is 12.0 Å². The van der Waals surface area contributed by atoms with Crippen molar-refractivity contribution in [2.75, 3.05) is 19.7 Å². The second-order valence-electron chi connectivity index (χ2n) is 5.41. The van der Waals surface area contributed by atoms with Crippen LogP contribution in [0.5, 0.6) is 0 Å². The number of likely N-dealkylation sites (tertiary alicyclic amines) is 1. The SMILES string of the molecule is CC(C)C(CO)NC1CCN(C2CC2)C1. The van der Waals surface area contributed by atoms with Crippen LogP contribution in [0.3, 0.4) is 0 Å². The third-order valence-corrected chi connectivity index (χ3v) is 3.73. The Bertz CT molecular complexity index is 204. The van der Waals surface area contributed by atoms with Gasteiger partial charge in [-0.15, -0.1) is 0 Å². The van der Waals surface area contributed by atoms with Crippen LogP contribution in [-0.2, 0) is 0 Å². The van der Waals surface area contributed by atoms with Crippen molar-refractivity contribution in [3.05, 3.63) is 0 Å². The van der Waals surface area contributed by atoms with Gasteiger partial charge in [0.15, 0.2) is 0 Å². The molecule has 1 saturated heterocycles. The molecule has 2 atom stereocenters. The maximum Gasteiger partial charge on any atom is 0.0587 e. The van der Waals surface area contributed by atoms with E-state index in [1.54, 1.807) is 0 Å². The van der Waals surface area contributed by atoms with Gasteiger partial charge in [0.25, 0.3) is 0 Å². The molecule has 2 unspecified atom stereocenters. The average Bonchev–Trinajstić information content (AvgIpc) is 2.95. The van der Waals surface area contributed by atoms with Crippen molar-refractivity contribution in [2.24, 2.45) is 5.92 Å². The highest BCUT2D eigenvalue weighted by Crippen LogP contribution is 2.29. The molecule has 1 saturated carbocycles. The Balaban J connectivity index is 1.75. The zero-order valence-corrected chi connectivity index (χ0v) is 9.95. The Labute approximate surface area is 92.8 Å². The lowest BCUT2D eigenvalue weighted by Gasteiger charge is -2.24. The van der Waals surface area contributed by atoms with Crippen LogP contribution in [0.1, 0.15) is 33.1 Å². The lowest BCUT2D eigenvalue weighted by molar-refractivity contribution is 0.197. The van der Waals surface area contributed by atoms with Gasteiger partial charge in [0.1, 0.15) is 0 Å². The highest BCUT2D eigenvalue weighted by atomic mass is 16.3. The minimum atomic E-state index is 0.262. The van der Waals surface area contributed by atoms with Crippen LogP contribution in [0.25, 0.3) is 0 Å². The van der Waals surface area contributed by atoms with Crippen molar-refractivity contribution in [3.8, 4) is 0 Å². The van der Waals surface area contributed by atoms with Crippen LogP contribution in [0.15, 0.2) is 0 Å². The van der Waals surface area contributed by atoms with Crippen LogP contribution >= 0.6 is 0 Å². The molecule has 1 heterocycles. The molecule has 2 N–H and O–H groups in total. The summed E-state index contributed by atoms with van der Waals surface area (Å²) in [6.45, 7) is 7.03. The van der Waals surface area contributed by atoms with Gasteiger partial charge in [-0.25, -0.2) is 0 Å². The normalized spacial score (nSPS) is 30.0. The number of nitrogens with one attached hydrogen (secondary N) is 1. The number of rotatable bonds is 5. The molecule has 2 fully saturated rings. The predicted molar refractivity (Wildman–Crippen MR) is 61.8 cm³/mol. The van der Waals surface area contributed by atoms with Gasteiger partial charge in [-0.2, -0.15) is 0 Å². The summed E-state index contributed by atoms with van der Waals surface area (Å²) < 4.78 is 0. The Kier molecular flexibility index (Phi) is 3.65. The van der Waals surface area contributed by atoms with Crippen LogP contribution in [0, 0.1) is 5.92 Å². The third kappa shape index (κ3) is 2.92. The molecule has 0 aromatic rings. The van der Waals surface area contributed by atoms with E-state index in [0.717, 1.165) is 6.04 Å². The molecule has 0 amide bonds. The van der Waals surface area contributed by atoms with Gasteiger partial charge < -0.3 is 10.4 Å². The lowest BCUT2D eigenvalue weighted by atomic mass is 10.0. The van der Waals surface area contributed by atoms with Crippen molar-refractivity contribution in [3.63, 3.8) is 0 Å². The molecular weight excluding hydrogens is 188 g/mol. The highest BCUT2D eigenvalue weighted by Gasteiger charge is 2.34. The van der Waals surface area contributed by atoms with Crippen molar-refractivity contribution in [2.45, 2.75) is 51.2 Å². The molecule has 0 aromatic heterocycles. The zero-order valence-electron chi connectivity index (χ0n) is 9.95. The molecule has 3 heteroatoms. The molecular formula is C12H24N2O. The third-order valence-electron chi connectivity index (χ3n) is 3.73. The first-order chi connectivity index (χ1) is 7.20. The van der Waals surface area contributed by atoms with Crippen LogP contribution in [0.4, 0.5) is 0 Å². The first kappa shape index (κ1) is 11.4. The monoisotopic (exact) mass is 212 g/mol. The number of aliphatic hydroxyl groups is 1. The minimum absolute atomic E-state index is 0.262. The molecule has 1 aliphatic carbocycles. The molecule has 1 aliphatic heterocycles. The number of hydrogen-bond donors (Lipinski definition) is 2. The highest BCUT2D eigenvalue weighted by molar-refractivity contribution is 4.92. The lowest BCUT2D eigenvalue weighted by Crippen LogP contribution is -2.45. The standard InChI is InChI=1S/C12H24N2O/c1-9(2)12(8-15)13-10-5-6-14(7-10)11-3-4-11/h9-13,15H,3-8H2,1-2H3. The topological polar surface area (TPSA) is 35.5 Å². The molecule has 0 spiro atoms. The summed E-state index contributed by atoms with van der Waals surface area (Å²) in [7, 11) is 0. The first-order valence-electron chi connectivity index (χ1n) is 6.31. The Morgan fingerprint density at radius 2 is 2.07 bits per heavy atom. The Hall–Kier alpha value is -0.120. The molecule has 15 heavy (non-hydrogen) atoms. The van der Waals surface area contributed by atoms with Gasteiger partial charge in [-0.1, -0.05) is 13.8 Å². The zero-order chi connectivity index (χ0) is 10.8. The van der Waals surface area contributed by atoms with Gasteiger partial charge in [-0.3, -0.25) is 4.90 Å². The van der Waals surface area contributed by atoms with Gasteiger partial charge in [0, 0.05) is 31.2 Å². The van der Waals surface area contributed by atoms with Crippen LogP contribution in [-0.4, -0.2) is 47.8 Å². The summed E-state index contributed by atoms with van der Waals surface area (Å²) in [4.78, 5) is 2.60. The quantitative estimate of drug-likeness (QED) is 0.708. The van der Waals surface area contributed by atoms with Crippen LogP contribution < -0.4 is 5.32 Å². The summed E-state index contributed by atoms with van der Waals surface area (Å²) in [6, 6.07) is 1.77. The van der Waals surface area contributed by atoms with Crippen molar-refractivity contribution >= 4 is 0 Å². The van der Waals surface area contributed by atoms with Crippen LogP contribution in [0.2, 0.25) is 0 Å². The van der Waals surface area contributed by atoms with Crippen molar-refractivity contribution in [1.29, 1.82) is 0 Å². The van der Waals surface area contributed by atoms with Gasteiger partial charge in [0.05, 0.1) is 6.61 Å². The number of hydrogen-bond acceptors (Lipinski definition) is 3. The molecule has 2 rings (SSSR count). The molecule has 88 valence electrons. The molecule has 3 nitrogen and oxygen atoms in total. The van der Waals surface area contributed by atoms with Crippen molar-refractivity contribution in [1.82, 2.24) is 10.2 Å². The first-order valence-corrected chi connectivity index (χ1v) is 6.31. The molecule has 2 aliphatic rings. The van der Waals surface area contributed by atoms with E-state index >= 15 is 0 Å². The fourth-order valence-corrected chi connectivity index (χ4v) is 2.45. The Morgan fingerprint density at radius 1 is 1.33 bits per heavy atom. The summed E-state index contributed by atoms with van der Waals surface area (Å²) in [5, 5.41) is 12.9. The summed E-state index contributed by atoms with van der Waals surface area (Å²) >= 11 is 0. The minimum Gasteiger partial charge on any atom is -0.395 e.